The molecule has 0 aromatic heterocycles. The summed E-state index contributed by atoms with van der Waals surface area (Å²) in [4.78, 5) is 13.4. The van der Waals surface area contributed by atoms with Gasteiger partial charge in [-0.3, -0.25) is 4.79 Å². The number of allylic oxidation sites excluding steroid dienone is 1. The Hall–Kier alpha value is -1.37. The summed E-state index contributed by atoms with van der Waals surface area (Å²) in [5.74, 6) is 3.63. The molecule has 27 heavy (non-hydrogen) atoms. The fraction of sp³-hybridized carbons (Fsp3) is 0.654. The molecule has 144 valence electrons. The minimum absolute atomic E-state index is 0.0976. The normalized spacial score (nSPS) is 45.3. The smallest absolute Gasteiger partial charge is 0.165 e. The largest absolute Gasteiger partial charge is 0.294 e. The van der Waals surface area contributed by atoms with Crippen molar-refractivity contribution in [2.45, 2.75) is 71.6 Å². The molecule has 0 saturated heterocycles. The van der Waals surface area contributed by atoms with E-state index in [1.807, 2.05) is 6.07 Å². The lowest BCUT2D eigenvalue weighted by molar-refractivity contribution is -0.137. The lowest BCUT2D eigenvalue weighted by atomic mass is 9.45. The van der Waals surface area contributed by atoms with Crippen LogP contribution >= 0.6 is 0 Å². The molecule has 0 heterocycles. The zero-order chi connectivity index (χ0) is 18.6. The molecule has 0 spiro atoms. The van der Waals surface area contributed by atoms with Gasteiger partial charge in [-0.05, 0) is 91.2 Å². The van der Waals surface area contributed by atoms with Gasteiger partial charge in [-0.2, -0.15) is 0 Å². The average molecular weight is 363 g/mol. The van der Waals surface area contributed by atoms with E-state index in [1.165, 1.54) is 50.5 Å². The second-order valence-corrected chi connectivity index (χ2v) is 10.5. The second-order valence-electron chi connectivity index (χ2n) is 10.5. The quantitative estimate of drug-likeness (QED) is 0.509. The van der Waals surface area contributed by atoms with E-state index in [1.54, 1.807) is 0 Å². The van der Waals surface area contributed by atoms with Crippen molar-refractivity contribution < 1.29 is 4.79 Å². The molecule has 1 aromatic rings. The highest BCUT2D eigenvalue weighted by atomic mass is 16.1. The Morgan fingerprint density at radius 3 is 2.56 bits per heavy atom. The van der Waals surface area contributed by atoms with Gasteiger partial charge in [0.15, 0.2) is 5.78 Å². The van der Waals surface area contributed by atoms with Gasteiger partial charge in [0.1, 0.15) is 0 Å². The molecular weight excluding hydrogens is 328 g/mol. The lowest BCUT2D eigenvalue weighted by Gasteiger charge is -2.59. The number of hydrogen-bond donors (Lipinski definition) is 0. The van der Waals surface area contributed by atoms with Gasteiger partial charge >= 0.3 is 0 Å². The number of Topliss-reactive ketones (excluding diaryl/α,β-unsaturated/α-hetero) is 1. The Balaban J connectivity index is 1.47. The number of hydrogen-bond acceptors (Lipinski definition) is 1. The van der Waals surface area contributed by atoms with Crippen LogP contribution in [-0.4, -0.2) is 5.78 Å². The maximum absolute atomic E-state index is 13.4. The Morgan fingerprint density at radius 2 is 1.74 bits per heavy atom. The molecule has 6 atom stereocenters. The Bertz CT molecular complexity index is 762. The van der Waals surface area contributed by atoms with E-state index < -0.39 is 0 Å². The molecule has 0 amide bonds. The summed E-state index contributed by atoms with van der Waals surface area (Å²) in [5.41, 5.74) is 2.74. The van der Waals surface area contributed by atoms with E-state index in [4.69, 9.17) is 0 Å². The minimum Gasteiger partial charge on any atom is -0.294 e. The maximum atomic E-state index is 13.4. The van der Waals surface area contributed by atoms with Crippen LogP contribution in [0.5, 0.6) is 0 Å². The van der Waals surface area contributed by atoms with Gasteiger partial charge in [0.2, 0.25) is 0 Å². The van der Waals surface area contributed by atoms with Crippen LogP contribution in [0.4, 0.5) is 0 Å². The number of ketones is 1. The van der Waals surface area contributed by atoms with Crippen LogP contribution in [0.25, 0.3) is 6.08 Å². The first kappa shape index (κ1) is 17.7. The van der Waals surface area contributed by atoms with Gasteiger partial charge in [-0.1, -0.05) is 57.0 Å². The topological polar surface area (TPSA) is 17.1 Å². The van der Waals surface area contributed by atoms with Gasteiger partial charge in [-0.15, -0.1) is 0 Å². The molecule has 0 unspecified atom stereocenters. The zero-order valence-electron chi connectivity index (χ0n) is 17.0. The van der Waals surface area contributed by atoms with Crippen molar-refractivity contribution in [1.29, 1.82) is 0 Å². The standard InChI is InChI=1S/C26H34O/c1-25-14-7-6-10-20(25)11-12-21-22(25)13-15-26(2)23(21)17-19(24(26)27)16-18-8-4-3-5-9-18/h3-5,8-9,16,20-23H,6-7,10-15,17H2,1-2H3/t20-,21+,22-,23-,25+,26-/m1/s1. The summed E-state index contributed by atoms with van der Waals surface area (Å²) in [7, 11) is 0. The van der Waals surface area contributed by atoms with E-state index in [-0.39, 0.29) is 5.41 Å². The highest BCUT2D eigenvalue weighted by Gasteiger charge is 2.60. The van der Waals surface area contributed by atoms with E-state index in [9.17, 15) is 4.79 Å². The van der Waals surface area contributed by atoms with Crippen molar-refractivity contribution in [3.63, 3.8) is 0 Å². The predicted molar refractivity (Wildman–Crippen MR) is 111 cm³/mol. The van der Waals surface area contributed by atoms with Crippen molar-refractivity contribution in [3.05, 3.63) is 41.5 Å². The van der Waals surface area contributed by atoms with Crippen molar-refractivity contribution in [3.8, 4) is 0 Å². The van der Waals surface area contributed by atoms with Crippen LogP contribution in [0, 0.1) is 34.5 Å². The molecule has 1 heteroatoms. The number of fused-ring (bicyclic) bond motifs is 5. The minimum atomic E-state index is -0.0976. The first-order valence-electron chi connectivity index (χ1n) is 11.3. The third kappa shape index (κ3) is 2.60. The van der Waals surface area contributed by atoms with Crippen molar-refractivity contribution in [1.82, 2.24) is 0 Å². The van der Waals surface area contributed by atoms with Gasteiger partial charge in [-0.25, -0.2) is 0 Å². The summed E-state index contributed by atoms with van der Waals surface area (Å²) >= 11 is 0. The number of benzene rings is 1. The summed E-state index contributed by atoms with van der Waals surface area (Å²) in [5, 5.41) is 0. The first-order chi connectivity index (χ1) is 13.0. The van der Waals surface area contributed by atoms with E-state index in [0.29, 0.717) is 17.1 Å². The zero-order valence-corrected chi connectivity index (χ0v) is 17.0. The molecule has 0 N–H and O–H groups in total. The fourth-order valence-electron chi connectivity index (χ4n) is 7.85. The molecule has 0 radical (unpaired) electrons. The molecule has 4 aliphatic carbocycles. The molecule has 4 saturated carbocycles. The highest BCUT2D eigenvalue weighted by molar-refractivity contribution is 6.05. The van der Waals surface area contributed by atoms with Crippen molar-refractivity contribution in [2.24, 2.45) is 34.5 Å². The van der Waals surface area contributed by atoms with Crippen LogP contribution in [0.3, 0.4) is 0 Å². The second kappa shape index (κ2) is 6.33. The highest BCUT2D eigenvalue weighted by Crippen LogP contribution is 2.66. The number of carbonyl (C=O) groups is 1. The summed E-state index contributed by atoms with van der Waals surface area (Å²) in [6, 6.07) is 10.4. The number of rotatable bonds is 1. The molecule has 4 aliphatic rings. The first-order valence-corrected chi connectivity index (χ1v) is 11.3. The van der Waals surface area contributed by atoms with Gasteiger partial charge in [0.05, 0.1) is 0 Å². The van der Waals surface area contributed by atoms with Crippen LogP contribution in [0.1, 0.15) is 77.2 Å². The van der Waals surface area contributed by atoms with E-state index >= 15 is 0 Å². The van der Waals surface area contributed by atoms with Crippen LogP contribution in [0.15, 0.2) is 35.9 Å². The fourth-order valence-corrected chi connectivity index (χ4v) is 7.85. The Kier molecular flexibility index (Phi) is 4.15. The lowest BCUT2D eigenvalue weighted by Crippen LogP contribution is -2.52. The molecular formula is C26H34O. The van der Waals surface area contributed by atoms with Gasteiger partial charge in [0, 0.05) is 5.41 Å². The Morgan fingerprint density at radius 1 is 0.926 bits per heavy atom. The van der Waals surface area contributed by atoms with Gasteiger partial charge < -0.3 is 0 Å². The maximum Gasteiger partial charge on any atom is 0.165 e. The Labute approximate surface area is 164 Å². The third-order valence-corrected chi connectivity index (χ3v) is 9.36. The molecule has 1 nitrogen and oxygen atoms in total. The third-order valence-electron chi connectivity index (χ3n) is 9.36. The monoisotopic (exact) mass is 362 g/mol. The summed E-state index contributed by atoms with van der Waals surface area (Å²) in [6.45, 7) is 4.92. The molecule has 5 rings (SSSR count). The number of carbonyl (C=O) groups excluding carboxylic acids is 1. The molecule has 1 aromatic carbocycles. The molecule has 0 aliphatic heterocycles. The predicted octanol–water partition coefficient (Wildman–Crippen LogP) is 6.68. The molecule has 0 bridgehead atoms. The van der Waals surface area contributed by atoms with Gasteiger partial charge in [0.25, 0.3) is 0 Å². The SMILES string of the molecule is C[C@]12CCCC[C@@H]1CC[C@H]1[C@H]2CC[C@@]2(C)C(=O)C(=Cc3ccccc3)C[C@H]12. The van der Waals surface area contributed by atoms with E-state index in [2.05, 4.69) is 44.2 Å². The molecule has 4 fully saturated rings. The van der Waals surface area contributed by atoms with Crippen LogP contribution in [0.2, 0.25) is 0 Å². The average Bonchev–Trinajstić information content (AvgIpc) is 2.93. The van der Waals surface area contributed by atoms with Crippen molar-refractivity contribution in [2.75, 3.05) is 0 Å². The van der Waals surface area contributed by atoms with E-state index in [0.717, 1.165) is 36.2 Å². The van der Waals surface area contributed by atoms with Crippen LogP contribution in [-0.2, 0) is 4.79 Å². The summed E-state index contributed by atoms with van der Waals surface area (Å²) < 4.78 is 0. The van der Waals surface area contributed by atoms with Crippen LogP contribution < -0.4 is 0 Å². The van der Waals surface area contributed by atoms with Crippen molar-refractivity contribution >= 4 is 11.9 Å². The summed E-state index contributed by atoms with van der Waals surface area (Å²) in [6.07, 6.45) is 14.2.